The molecule has 2 nitrogen and oxygen atoms in total. The highest BCUT2D eigenvalue weighted by Gasteiger charge is 2.05. The van der Waals surface area contributed by atoms with Gasteiger partial charge in [-0.15, -0.1) is 0 Å². The van der Waals surface area contributed by atoms with E-state index in [-0.39, 0.29) is 0 Å². The van der Waals surface area contributed by atoms with Gasteiger partial charge in [0.05, 0.1) is 6.73 Å². The summed E-state index contributed by atoms with van der Waals surface area (Å²) in [6.45, 7) is 1.18. The minimum atomic E-state index is -0.540. The summed E-state index contributed by atoms with van der Waals surface area (Å²) in [6, 6.07) is 3.66. The van der Waals surface area contributed by atoms with Gasteiger partial charge in [-0.05, 0) is 25.1 Å². The van der Waals surface area contributed by atoms with E-state index >= 15 is 0 Å². The Bertz CT molecular complexity index is 317. The summed E-state index contributed by atoms with van der Waals surface area (Å²) in [5, 5.41) is 0. The van der Waals surface area contributed by atoms with Crippen molar-refractivity contribution in [3.05, 3.63) is 35.4 Å². The van der Waals surface area contributed by atoms with Crippen molar-refractivity contribution in [1.82, 2.24) is 4.90 Å². The minimum Gasteiger partial charge on any atom is -0.369 e. The molecule has 1 aromatic carbocycles. The fourth-order valence-electron chi connectivity index (χ4n) is 1.32. The van der Waals surface area contributed by atoms with E-state index in [0.717, 1.165) is 6.07 Å². The third kappa shape index (κ3) is 3.93. The standard InChI is InChI=1S/C11H15F2NO/c1-14(8-15-2)6-5-9-3-4-10(12)7-11(9)13/h3-4,7H,5-6,8H2,1-2H3. The van der Waals surface area contributed by atoms with E-state index in [1.165, 1.54) is 12.1 Å². The molecular formula is C11H15F2NO. The van der Waals surface area contributed by atoms with Gasteiger partial charge in [-0.2, -0.15) is 0 Å². The average molecular weight is 215 g/mol. The SMILES string of the molecule is COCN(C)CCc1ccc(F)cc1F. The van der Waals surface area contributed by atoms with Crippen LogP contribution in [0.15, 0.2) is 18.2 Å². The smallest absolute Gasteiger partial charge is 0.129 e. The Morgan fingerprint density at radius 1 is 1.33 bits per heavy atom. The highest BCUT2D eigenvalue weighted by molar-refractivity contribution is 5.18. The van der Waals surface area contributed by atoms with Crippen LogP contribution in [0, 0.1) is 11.6 Å². The van der Waals surface area contributed by atoms with Crippen molar-refractivity contribution in [2.75, 3.05) is 27.4 Å². The predicted molar refractivity (Wildman–Crippen MR) is 54.6 cm³/mol. The largest absolute Gasteiger partial charge is 0.369 e. The molecule has 0 amide bonds. The van der Waals surface area contributed by atoms with Crippen LogP contribution < -0.4 is 0 Å². The molecule has 0 saturated carbocycles. The number of ether oxygens (including phenoxy) is 1. The van der Waals surface area contributed by atoms with Crippen LogP contribution in [0.25, 0.3) is 0 Å². The molecule has 84 valence electrons. The quantitative estimate of drug-likeness (QED) is 0.697. The zero-order valence-electron chi connectivity index (χ0n) is 8.96. The van der Waals surface area contributed by atoms with E-state index in [2.05, 4.69) is 0 Å². The number of benzene rings is 1. The van der Waals surface area contributed by atoms with Gasteiger partial charge < -0.3 is 4.74 Å². The maximum atomic E-state index is 13.2. The lowest BCUT2D eigenvalue weighted by Gasteiger charge is -2.15. The number of hydrogen-bond acceptors (Lipinski definition) is 2. The number of halogens is 2. The molecule has 0 radical (unpaired) electrons. The first-order valence-corrected chi connectivity index (χ1v) is 4.75. The number of hydrogen-bond donors (Lipinski definition) is 0. The average Bonchev–Trinajstić information content (AvgIpc) is 2.17. The highest BCUT2D eigenvalue weighted by atomic mass is 19.1. The van der Waals surface area contributed by atoms with Crippen molar-refractivity contribution < 1.29 is 13.5 Å². The molecule has 0 aliphatic rings. The van der Waals surface area contributed by atoms with Gasteiger partial charge in [-0.1, -0.05) is 6.07 Å². The molecule has 15 heavy (non-hydrogen) atoms. The van der Waals surface area contributed by atoms with Crippen molar-refractivity contribution in [1.29, 1.82) is 0 Å². The van der Waals surface area contributed by atoms with Crippen molar-refractivity contribution in [3.8, 4) is 0 Å². The third-order valence-electron chi connectivity index (χ3n) is 2.13. The molecule has 1 aromatic rings. The molecule has 0 aliphatic heterocycles. The van der Waals surface area contributed by atoms with Crippen molar-refractivity contribution in [2.45, 2.75) is 6.42 Å². The monoisotopic (exact) mass is 215 g/mol. The van der Waals surface area contributed by atoms with Crippen LogP contribution in [0.4, 0.5) is 8.78 Å². The molecule has 0 bridgehead atoms. The molecule has 0 aromatic heterocycles. The number of likely N-dealkylation sites (N-methyl/N-ethyl adjacent to an activating group) is 1. The first kappa shape index (κ1) is 12.1. The Labute approximate surface area is 88.5 Å². The highest BCUT2D eigenvalue weighted by Crippen LogP contribution is 2.10. The maximum Gasteiger partial charge on any atom is 0.129 e. The summed E-state index contributed by atoms with van der Waals surface area (Å²) < 4.78 is 30.7. The lowest BCUT2D eigenvalue weighted by Crippen LogP contribution is -2.23. The first-order valence-electron chi connectivity index (χ1n) is 4.75. The summed E-state index contributed by atoms with van der Waals surface area (Å²) >= 11 is 0. The maximum absolute atomic E-state index is 13.2. The number of rotatable bonds is 5. The Hall–Kier alpha value is -1.00. The molecule has 4 heteroatoms. The molecule has 0 unspecified atom stereocenters. The van der Waals surface area contributed by atoms with Gasteiger partial charge in [-0.3, -0.25) is 4.90 Å². The van der Waals surface area contributed by atoms with Crippen LogP contribution in [0.5, 0.6) is 0 Å². The van der Waals surface area contributed by atoms with Crippen molar-refractivity contribution in [3.63, 3.8) is 0 Å². The van der Waals surface area contributed by atoms with Crippen LogP contribution in [0.2, 0.25) is 0 Å². The van der Waals surface area contributed by atoms with Gasteiger partial charge in [0, 0.05) is 19.7 Å². The molecule has 0 saturated heterocycles. The van der Waals surface area contributed by atoms with E-state index in [1.54, 1.807) is 7.11 Å². The van der Waals surface area contributed by atoms with E-state index in [0.29, 0.717) is 25.3 Å². The molecule has 0 fully saturated rings. The molecular weight excluding hydrogens is 200 g/mol. The molecule has 0 aliphatic carbocycles. The number of methoxy groups -OCH3 is 1. The summed E-state index contributed by atoms with van der Waals surface area (Å²) in [4.78, 5) is 1.92. The first-order chi connectivity index (χ1) is 7.13. The fraction of sp³-hybridized carbons (Fsp3) is 0.455. The zero-order chi connectivity index (χ0) is 11.3. The van der Waals surface area contributed by atoms with Gasteiger partial charge in [0.2, 0.25) is 0 Å². The summed E-state index contributed by atoms with van der Waals surface area (Å²) in [6.07, 6.45) is 0.548. The predicted octanol–water partition coefficient (Wildman–Crippen LogP) is 2.04. The minimum absolute atomic E-state index is 0.485. The topological polar surface area (TPSA) is 12.5 Å². The fourth-order valence-corrected chi connectivity index (χ4v) is 1.32. The van der Waals surface area contributed by atoms with Crippen LogP contribution >= 0.6 is 0 Å². The van der Waals surface area contributed by atoms with E-state index in [9.17, 15) is 8.78 Å². The second-order valence-electron chi connectivity index (χ2n) is 3.48. The van der Waals surface area contributed by atoms with Gasteiger partial charge >= 0.3 is 0 Å². The molecule has 0 spiro atoms. The molecule has 0 N–H and O–H groups in total. The Morgan fingerprint density at radius 2 is 2.07 bits per heavy atom. The van der Waals surface area contributed by atoms with Crippen LogP contribution in [-0.2, 0) is 11.2 Å². The van der Waals surface area contributed by atoms with Gasteiger partial charge in [-0.25, -0.2) is 8.78 Å². The molecule has 1 rings (SSSR count). The normalized spacial score (nSPS) is 11.0. The van der Waals surface area contributed by atoms with E-state index < -0.39 is 11.6 Å². The Morgan fingerprint density at radius 3 is 2.67 bits per heavy atom. The van der Waals surface area contributed by atoms with Crippen molar-refractivity contribution in [2.24, 2.45) is 0 Å². The van der Waals surface area contributed by atoms with E-state index in [4.69, 9.17) is 4.74 Å². The second kappa shape index (κ2) is 5.78. The third-order valence-corrected chi connectivity index (χ3v) is 2.13. The van der Waals surface area contributed by atoms with Crippen LogP contribution in [0.1, 0.15) is 5.56 Å². The van der Waals surface area contributed by atoms with Crippen LogP contribution in [-0.4, -0.2) is 32.3 Å². The van der Waals surface area contributed by atoms with Crippen molar-refractivity contribution >= 4 is 0 Å². The summed E-state index contributed by atoms with van der Waals surface area (Å²) in [5.74, 6) is -1.03. The lowest BCUT2D eigenvalue weighted by molar-refractivity contribution is 0.0826. The second-order valence-corrected chi connectivity index (χ2v) is 3.48. The summed E-state index contributed by atoms with van der Waals surface area (Å²) in [5.41, 5.74) is 0.527. The molecule has 0 heterocycles. The van der Waals surface area contributed by atoms with Gasteiger partial charge in [0.15, 0.2) is 0 Å². The Kier molecular flexibility index (Phi) is 4.65. The van der Waals surface area contributed by atoms with Crippen LogP contribution in [0.3, 0.4) is 0 Å². The van der Waals surface area contributed by atoms with E-state index in [1.807, 2.05) is 11.9 Å². The lowest BCUT2D eigenvalue weighted by atomic mass is 10.1. The molecule has 0 atom stereocenters. The van der Waals surface area contributed by atoms with Gasteiger partial charge in [0.25, 0.3) is 0 Å². The summed E-state index contributed by atoms with van der Waals surface area (Å²) in [7, 11) is 3.49. The number of nitrogens with zero attached hydrogens (tertiary/aromatic N) is 1. The zero-order valence-corrected chi connectivity index (χ0v) is 8.96. The Balaban J connectivity index is 2.50. The van der Waals surface area contributed by atoms with Gasteiger partial charge in [0.1, 0.15) is 11.6 Å².